The molecule has 3 rings (SSSR count). The molecule has 1 amide bonds. The van der Waals surface area contributed by atoms with Gasteiger partial charge in [-0.3, -0.25) is 4.79 Å². The van der Waals surface area contributed by atoms with Crippen LogP contribution in [0.3, 0.4) is 0 Å². The number of carbonyl (C=O) groups is 1. The average Bonchev–Trinajstić information content (AvgIpc) is 2.60. The molecule has 3 nitrogen and oxygen atoms in total. The van der Waals surface area contributed by atoms with E-state index in [1.54, 1.807) is 0 Å². The predicted molar refractivity (Wildman–Crippen MR) is 105 cm³/mol. The first-order valence-electron chi connectivity index (χ1n) is 8.47. The Kier molecular flexibility index (Phi) is 7.30. The summed E-state index contributed by atoms with van der Waals surface area (Å²) in [5.41, 5.74) is 2.07. The Morgan fingerprint density at radius 2 is 1.88 bits per heavy atom. The van der Waals surface area contributed by atoms with Gasteiger partial charge in [0.05, 0.1) is 6.04 Å². The number of halogens is 2. The van der Waals surface area contributed by atoms with Gasteiger partial charge in [-0.2, -0.15) is 0 Å². The largest absolute Gasteiger partial charge is 0.345 e. The summed E-state index contributed by atoms with van der Waals surface area (Å²) in [6.45, 7) is 3.03. The Bertz CT molecular complexity index is 693. The molecule has 1 saturated heterocycles. The number of piperidine rings is 1. The predicted octanol–water partition coefficient (Wildman–Crippen LogP) is 4.36. The van der Waals surface area contributed by atoms with Crippen molar-refractivity contribution in [3.8, 4) is 0 Å². The molecule has 1 unspecified atom stereocenters. The number of carbonyl (C=O) groups excluding carboxylic acids is 1. The van der Waals surface area contributed by atoms with Crippen LogP contribution >= 0.6 is 24.0 Å². The van der Waals surface area contributed by atoms with Crippen LogP contribution in [0.25, 0.3) is 0 Å². The lowest BCUT2D eigenvalue weighted by atomic mass is 9.91. The third-order valence-electron chi connectivity index (χ3n) is 4.60. The van der Waals surface area contributed by atoms with Crippen molar-refractivity contribution in [1.29, 1.82) is 0 Å². The number of rotatable bonds is 4. The standard InChI is InChI=1S/C20H23ClN2O.ClH/c1-14-12-17(10-11-22-14)20(24)23-19(15-6-3-2-4-7-15)16-8-5-9-18(21)13-16;/h2-9,13-14,17,19,22H,10-12H2,1H3,(H,23,24);1H/t14-,17-,19?;/m0./s1. The van der Waals surface area contributed by atoms with Crippen molar-refractivity contribution in [2.24, 2.45) is 5.92 Å². The highest BCUT2D eigenvalue weighted by Crippen LogP contribution is 2.26. The van der Waals surface area contributed by atoms with Crippen molar-refractivity contribution in [3.63, 3.8) is 0 Å². The molecule has 0 radical (unpaired) electrons. The summed E-state index contributed by atoms with van der Waals surface area (Å²) < 4.78 is 0. The molecule has 0 aliphatic carbocycles. The van der Waals surface area contributed by atoms with Gasteiger partial charge in [0.25, 0.3) is 0 Å². The summed E-state index contributed by atoms with van der Waals surface area (Å²) in [6.07, 6.45) is 1.76. The molecule has 0 spiro atoms. The zero-order valence-electron chi connectivity index (χ0n) is 14.2. The minimum absolute atomic E-state index is 0. The summed E-state index contributed by atoms with van der Waals surface area (Å²) in [7, 11) is 0. The Morgan fingerprint density at radius 1 is 1.16 bits per heavy atom. The summed E-state index contributed by atoms with van der Waals surface area (Å²) in [6, 6.07) is 18.0. The first-order valence-corrected chi connectivity index (χ1v) is 8.85. The number of benzene rings is 2. The molecule has 25 heavy (non-hydrogen) atoms. The maximum absolute atomic E-state index is 12.8. The molecular formula is C20H24Cl2N2O. The third kappa shape index (κ3) is 5.21. The van der Waals surface area contributed by atoms with Gasteiger partial charge in [-0.25, -0.2) is 0 Å². The topological polar surface area (TPSA) is 41.1 Å². The minimum Gasteiger partial charge on any atom is -0.345 e. The maximum Gasteiger partial charge on any atom is 0.223 e. The van der Waals surface area contributed by atoms with Crippen LogP contribution in [-0.4, -0.2) is 18.5 Å². The second kappa shape index (κ2) is 9.23. The molecular weight excluding hydrogens is 355 g/mol. The van der Waals surface area contributed by atoms with Crippen LogP contribution in [-0.2, 0) is 4.79 Å². The van der Waals surface area contributed by atoms with Crippen LogP contribution in [0.15, 0.2) is 54.6 Å². The summed E-state index contributed by atoms with van der Waals surface area (Å²) in [5.74, 6) is 0.184. The van der Waals surface area contributed by atoms with Crippen LogP contribution in [0.4, 0.5) is 0 Å². The molecule has 3 atom stereocenters. The molecule has 0 saturated carbocycles. The van der Waals surface area contributed by atoms with Gasteiger partial charge in [0.1, 0.15) is 0 Å². The molecule has 5 heteroatoms. The van der Waals surface area contributed by atoms with Gasteiger partial charge in [-0.05, 0) is 49.6 Å². The quantitative estimate of drug-likeness (QED) is 0.829. The van der Waals surface area contributed by atoms with Crippen molar-refractivity contribution >= 4 is 29.9 Å². The minimum atomic E-state index is -0.178. The SMILES string of the molecule is C[C@H]1C[C@@H](C(=O)NC(c2ccccc2)c2cccc(Cl)c2)CCN1.Cl. The van der Waals surface area contributed by atoms with Crippen molar-refractivity contribution in [1.82, 2.24) is 10.6 Å². The Hall–Kier alpha value is -1.55. The molecule has 1 heterocycles. The smallest absolute Gasteiger partial charge is 0.223 e. The lowest BCUT2D eigenvalue weighted by Crippen LogP contribution is -2.43. The molecule has 1 aliphatic rings. The molecule has 2 N–H and O–H groups in total. The van der Waals surface area contributed by atoms with E-state index in [-0.39, 0.29) is 30.3 Å². The number of amides is 1. The molecule has 0 bridgehead atoms. The van der Waals surface area contributed by atoms with Gasteiger partial charge >= 0.3 is 0 Å². The van der Waals surface area contributed by atoms with E-state index in [4.69, 9.17) is 11.6 Å². The van der Waals surface area contributed by atoms with Crippen molar-refractivity contribution in [3.05, 3.63) is 70.7 Å². The molecule has 1 fully saturated rings. The summed E-state index contributed by atoms with van der Waals surface area (Å²) in [5, 5.41) is 7.31. The van der Waals surface area contributed by atoms with Crippen LogP contribution < -0.4 is 10.6 Å². The van der Waals surface area contributed by atoms with Crippen molar-refractivity contribution in [2.45, 2.75) is 31.8 Å². The van der Waals surface area contributed by atoms with Crippen LogP contribution in [0.1, 0.15) is 36.9 Å². The fourth-order valence-electron chi connectivity index (χ4n) is 3.32. The zero-order valence-corrected chi connectivity index (χ0v) is 15.8. The number of hydrogen-bond acceptors (Lipinski definition) is 2. The van der Waals surface area contributed by atoms with Gasteiger partial charge in [-0.1, -0.05) is 54.1 Å². The van der Waals surface area contributed by atoms with Crippen molar-refractivity contribution < 1.29 is 4.79 Å². The molecule has 0 aromatic heterocycles. The first kappa shape index (κ1) is 19.8. The third-order valence-corrected chi connectivity index (χ3v) is 4.83. The lowest BCUT2D eigenvalue weighted by Gasteiger charge is -2.29. The van der Waals surface area contributed by atoms with E-state index in [1.807, 2.05) is 54.6 Å². The highest BCUT2D eigenvalue weighted by Gasteiger charge is 2.27. The monoisotopic (exact) mass is 378 g/mol. The van der Waals surface area contributed by atoms with E-state index in [0.717, 1.165) is 30.5 Å². The maximum atomic E-state index is 12.8. The fourth-order valence-corrected chi connectivity index (χ4v) is 3.52. The second-order valence-corrected chi connectivity index (χ2v) is 6.92. The molecule has 134 valence electrons. The highest BCUT2D eigenvalue weighted by molar-refractivity contribution is 6.30. The van der Waals surface area contributed by atoms with Crippen LogP contribution in [0.2, 0.25) is 5.02 Å². The van der Waals surface area contributed by atoms with Gasteiger partial charge in [0.15, 0.2) is 0 Å². The Morgan fingerprint density at radius 3 is 2.56 bits per heavy atom. The number of hydrogen-bond donors (Lipinski definition) is 2. The number of nitrogens with one attached hydrogen (secondary N) is 2. The molecule has 2 aromatic carbocycles. The van der Waals surface area contributed by atoms with E-state index in [2.05, 4.69) is 17.6 Å². The Labute approximate surface area is 160 Å². The first-order chi connectivity index (χ1) is 11.6. The molecule has 2 aromatic rings. The Balaban J connectivity index is 0.00000225. The van der Waals surface area contributed by atoms with Gasteiger partial charge in [0.2, 0.25) is 5.91 Å². The van der Waals surface area contributed by atoms with E-state index in [0.29, 0.717) is 11.1 Å². The van der Waals surface area contributed by atoms with Gasteiger partial charge in [-0.15, -0.1) is 12.4 Å². The molecule has 1 aliphatic heterocycles. The fraction of sp³-hybridized carbons (Fsp3) is 0.350. The van der Waals surface area contributed by atoms with Gasteiger partial charge in [0, 0.05) is 17.0 Å². The van der Waals surface area contributed by atoms with Crippen LogP contribution in [0, 0.1) is 5.92 Å². The van der Waals surface area contributed by atoms with Crippen LogP contribution in [0.5, 0.6) is 0 Å². The highest BCUT2D eigenvalue weighted by atomic mass is 35.5. The average molecular weight is 379 g/mol. The normalized spacial score (nSPS) is 21.0. The summed E-state index contributed by atoms with van der Waals surface area (Å²) >= 11 is 6.16. The van der Waals surface area contributed by atoms with Crippen molar-refractivity contribution in [2.75, 3.05) is 6.54 Å². The summed E-state index contributed by atoms with van der Waals surface area (Å²) in [4.78, 5) is 12.8. The second-order valence-electron chi connectivity index (χ2n) is 6.48. The zero-order chi connectivity index (χ0) is 16.9. The van der Waals surface area contributed by atoms with Gasteiger partial charge < -0.3 is 10.6 Å². The van der Waals surface area contributed by atoms with E-state index in [1.165, 1.54) is 0 Å². The van der Waals surface area contributed by atoms with E-state index < -0.39 is 0 Å². The lowest BCUT2D eigenvalue weighted by molar-refractivity contribution is -0.126. The van der Waals surface area contributed by atoms with E-state index in [9.17, 15) is 4.79 Å². The van der Waals surface area contributed by atoms with E-state index >= 15 is 0 Å².